The van der Waals surface area contributed by atoms with E-state index in [1.165, 1.54) is 17.7 Å². The summed E-state index contributed by atoms with van der Waals surface area (Å²) in [6, 6.07) is 12.6. The molecule has 4 heteroatoms. The molecule has 1 aliphatic rings. The van der Waals surface area contributed by atoms with Gasteiger partial charge < -0.3 is 5.02 Å². The molecule has 0 saturated carbocycles. The zero-order chi connectivity index (χ0) is 12.5. The molecule has 0 fully saturated rings. The van der Waals surface area contributed by atoms with E-state index >= 15 is 0 Å². The summed E-state index contributed by atoms with van der Waals surface area (Å²) in [6.45, 7) is -0.325. The van der Waals surface area contributed by atoms with Crippen molar-refractivity contribution in [1.82, 2.24) is 0 Å². The monoisotopic (exact) mass is 258 g/mol. The van der Waals surface area contributed by atoms with E-state index in [2.05, 4.69) is 12.1 Å². The average molecular weight is 258 g/mol. The summed E-state index contributed by atoms with van der Waals surface area (Å²) >= 11 is 1.59. The summed E-state index contributed by atoms with van der Waals surface area (Å²) < 4.78 is 12.8. The fourth-order valence-corrected chi connectivity index (χ4v) is 3.13. The van der Waals surface area contributed by atoms with Crippen LogP contribution in [0, 0.1) is 5.82 Å². The van der Waals surface area contributed by atoms with E-state index < -0.39 is 0 Å². The second-order valence-electron chi connectivity index (χ2n) is 4.47. The van der Waals surface area contributed by atoms with Crippen LogP contribution >= 0.6 is 11.8 Å². The molecule has 2 aromatic carbocycles. The van der Waals surface area contributed by atoms with Crippen molar-refractivity contribution >= 4 is 24.1 Å². The molecule has 0 aromatic heterocycles. The van der Waals surface area contributed by atoms with Gasteiger partial charge in [-0.2, -0.15) is 0 Å². The van der Waals surface area contributed by atoms with Crippen LogP contribution in [-0.2, 0) is 6.42 Å². The van der Waals surface area contributed by atoms with E-state index in [0.717, 1.165) is 28.0 Å². The highest BCUT2D eigenvalue weighted by Crippen LogP contribution is 2.28. The van der Waals surface area contributed by atoms with Gasteiger partial charge in [-0.3, -0.25) is 0 Å². The normalized spacial score (nSPS) is 13.8. The van der Waals surface area contributed by atoms with E-state index in [9.17, 15) is 9.41 Å². The maximum Gasteiger partial charge on any atom is 0.324 e. The number of halogens is 1. The third-order valence-electron chi connectivity index (χ3n) is 3.21. The molecule has 2 aromatic rings. The average Bonchev–Trinajstić information content (AvgIpc) is 2.74. The standard InChI is InChI=1S/C14H12BFOS/c16-11-2-5-12(6-3-11)18-13-4-1-10-7-8-15(17)14(10)9-13/h1-6,9,17H,7-8H2. The summed E-state index contributed by atoms with van der Waals surface area (Å²) in [4.78, 5) is 2.09. The minimum atomic E-state index is -0.325. The molecule has 0 saturated heterocycles. The molecule has 0 atom stereocenters. The highest BCUT2D eigenvalue weighted by molar-refractivity contribution is 7.99. The van der Waals surface area contributed by atoms with Gasteiger partial charge in [0.2, 0.25) is 0 Å². The van der Waals surface area contributed by atoms with E-state index in [4.69, 9.17) is 0 Å². The molecule has 0 amide bonds. The Balaban J connectivity index is 1.85. The smallest absolute Gasteiger partial charge is 0.324 e. The lowest BCUT2D eigenvalue weighted by Gasteiger charge is -2.06. The fourth-order valence-electron chi connectivity index (χ4n) is 2.26. The Hall–Kier alpha value is -1.26. The Labute approximate surface area is 110 Å². The van der Waals surface area contributed by atoms with Gasteiger partial charge in [0.25, 0.3) is 0 Å². The predicted octanol–water partition coefficient (Wildman–Crippen LogP) is 2.72. The number of fused-ring (bicyclic) bond motifs is 1. The minimum Gasteiger partial charge on any atom is -0.446 e. The second-order valence-corrected chi connectivity index (χ2v) is 5.62. The molecule has 18 heavy (non-hydrogen) atoms. The summed E-state index contributed by atoms with van der Waals surface area (Å²) in [6.07, 6.45) is 1.78. The molecule has 0 aliphatic carbocycles. The molecule has 1 aliphatic heterocycles. The SMILES string of the molecule is OB1CCc2ccc(Sc3ccc(F)cc3)cc21. The van der Waals surface area contributed by atoms with Gasteiger partial charge >= 0.3 is 6.92 Å². The Kier molecular flexibility index (Phi) is 3.14. The summed E-state index contributed by atoms with van der Waals surface area (Å²) in [5.74, 6) is -0.219. The zero-order valence-electron chi connectivity index (χ0n) is 9.77. The van der Waals surface area contributed by atoms with Crippen LogP contribution in [-0.4, -0.2) is 11.9 Å². The molecular weight excluding hydrogens is 246 g/mol. The Morgan fingerprint density at radius 2 is 1.78 bits per heavy atom. The van der Waals surface area contributed by atoms with Gasteiger partial charge in [0.1, 0.15) is 5.82 Å². The third kappa shape index (κ3) is 2.31. The van der Waals surface area contributed by atoms with Crippen molar-refractivity contribution < 1.29 is 9.41 Å². The first-order valence-electron chi connectivity index (χ1n) is 5.97. The van der Waals surface area contributed by atoms with Crippen LogP contribution in [0.2, 0.25) is 6.32 Å². The summed E-state index contributed by atoms with van der Waals surface area (Å²) in [5, 5.41) is 9.85. The maximum absolute atomic E-state index is 12.8. The van der Waals surface area contributed by atoms with Gasteiger partial charge in [0.15, 0.2) is 0 Å². The van der Waals surface area contributed by atoms with Gasteiger partial charge in [-0.15, -0.1) is 0 Å². The van der Waals surface area contributed by atoms with Crippen LogP contribution in [0.15, 0.2) is 52.3 Å². The molecule has 90 valence electrons. The Morgan fingerprint density at radius 1 is 1.06 bits per heavy atom. The van der Waals surface area contributed by atoms with E-state index in [-0.39, 0.29) is 12.7 Å². The number of benzene rings is 2. The number of hydrogen-bond acceptors (Lipinski definition) is 2. The van der Waals surface area contributed by atoms with Crippen molar-refractivity contribution in [2.45, 2.75) is 22.5 Å². The highest BCUT2D eigenvalue weighted by atomic mass is 32.2. The molecule has 1 nitrogen and oxygen atoms in total. The molecule has 1 N–H and O–H groups in total. The first-order chi connectivity index (χ1) is 8.72. The van der Waals surface area contributed by atoms with Gasteiger partial charge in [-0.25, -0.2) is 4.39 Å². The largest absolute Gasteiger partial charge is 0.446 e. The van der Waals surface area contributed by atoms with Crippen molar-refractivity contribution in [2.75, 3.05) is 0 Å². The highest BCUT2D eigenvalue weighted by Gasteiger charge is 2.24. The topological polar surface area (TPSA) is 20.2 Å². The van der Waals surface area contributed by atoms with E-state index in [0.29, 0.717) is 0 Å². The van der Waals surface area contributed by atoms with Gasteiger partial charge in [-0.05, 0) is 48.5 Å². The minimum absolute atomic E-state index is 0.219. The Morgan fingerprint density at radius 3 is 2.56 bits per heavy atom. The lowest BCUT2D eigenvalue weighted by Crippen LogP contribution is -2.25. The third-order valence-corrected chi connectivity index (χ3v) is 4.21. The lowest BCUT2D eigenvalue weighted by atomic mass is 9.63. The van der Waals surface area contributed by atoms with E-state index in [1.54, 1.807) is 23.9 Å². The van der Waals surface area contributed by atoms with Crippen molar-refractivity contribution in [2.24, 2.45) is 0 Å². The quantitative estimate of drug-likeness (QED) is 0.836. The van der Waals surface area contributed by atoms with Gasteiger partial charge in [-0.1, -0.05) is 29.5 Å². The van der Waals surface area contributed by atoms with Crippen LogP contribution < -0.4 is 5.46 Å². The van der Waals surface area contributed by atoms with Gasteiger partial charge in [0, 0.05) is 9.79 Å². The van der Waals surface area contributed by atoms with E-state index in [1.807, 2.05) is 6.07 Å². The van der Waals surface area contributed by atoms with Crippen LogP contribution in [0.4, 0.5) is 4.39 Å². The van der Waals surface area contributed by atoms with Crippen LogP contribution in [0.1, 0.15) is 5.56 Å². The molecular formula is C14H12BFOS. The molecule has 0 spiro atoms. The zero-order valence-corrected chi connectivity index (χ0v) is 10.6. The van der Waals surface area contributed by atoms with Crippen molar-refractivity contribution in [1.29, 1.82) is 0 Å². The summed E-state index contributed by atoms with van der Waals surface area (Å²) in [5.41, 5.74) is 2.29. The number of aryl methyl sites for hydroxylation is 1. The van der Waals surface area contributed by atoms with Crippen LogP contribution in [0.5, 0.6) is 0 Å². The van der Waals surface area contributed by atoms with Crippen LogP contribution in [0.3, 0.4) is 0 Å². The molecule has 3 rings (SSSR count). The van der Waals surface area contributed by atoms with Crippen molar-refractivity contribution in [3.05, 3.63) is 53.8 Å². The van der Waals surface area contributed by atoms with Crippen LogP contribution in [0.25, 0.3) is 0 Å². The van der Waals surface area contributed by atoms with Gasteiger partial charge in [0.05, 0.1) is 0 Å². The first kappa shape index (κ1) is 11.8. The fraction of sp³-hybridized carbons (Fsp3) is 0.143. The summed E-state index contributed by atoms with van der Waals surface area (Å²) in [7, 11) is 0. The Bertz CT molecular complexity index is 571. The number of hydrogen-bond donors (Lipinski definition) is 1. The van der Waals surface area contributed by atoms with Crippen molar-refractivity contribution in [3.63, 3.8) is 0 Å². The maximum atomic E-state index is 12.8. The lowest BCUT2D eigenvalue weighted by molar-refractivity contribution is 0.587. The molecule has 0 radical (unpaired) electrons. The first-order valence-corrected chi connectivity index (χ1v) is 6.78. The molecule has 0 unspecified atom stereocenters. The molecule has 0 bridgehead atoms. The molecule has 1 heterocycles. The number of rotatable bonds is 2. The van der Waals surface area contributed by atoms with Crippen molar-refractivity contribution in [3.8, 4) is 0 Å². The predicted molar refractivity (Wildman–Crippen MR) is 73.1 cm³/mol. The second kappa shape index (κ2) is 4.79.